The van der Waals surface area contributed by atoms with E-state index in [1.165, 1.54) is 18.2 Å². The van der Waals surface area contributed by atoms with Gasteiger partial charge in [-0.3, -0.25) is 4.79 Å². The number of ether oxygens (including phenoxy) is 1. The lowest BCUT2D eigenvalue weighted by Gasteiger charge is -2.17. The summed E-state index contributed by atoms with van der Waals surface area (Å²) in [5.41, 5.74) is -0.241. The second kappa shape index (κ2) is 4.21. The molecule has 5 nitrogen and oxygen atoms in total. The lowest BCUT2D eigenvalue weighted by molar-refractivity contribution is -0.274. The van der Waals surface area contributed by atoms with Gasteiger partial charge in [-0.05, 0) is 12.1 Å². The molecule has 0 radical (unpaired) electrons. The number of nitrogens with one attached hydrogen (secondary N) is 1. The maximum absolute atomic E-state index is 12.2. The molecule has 18 heavy (non-hydrogen) atoms. The quantitative estimate of drug-likeness (QED) is 0.822. The minimum atomic E-state index is -4.89. The number of rotatable bonds is 2. The number of nitrogens with zero attached hydrogens (tertiary/aromatic N) is 1. The first-order valence-corrected chi connectivity index (χ1v) is 4.84. The number of carbonyl (C=O) groups excluding carboxylic acids is 2. The van der Waals surface area contributed by atoms with E-state index >= 15 is 0 Å². The van der Waals surface area contributed by atoms with Gasteiger partial charge >= 0.3 is 12.4 Å². The molecule has 1 aromatic carbocycles. The Hall–Kier alpha value is -2.25. The molecule has 1 fully saturated rings. The van der Waals surface area contributed by atoms with Crippen LogP contribution in [0.5, 0.6) is 5.75 Å². The topological polar surface area (TPSA) is 58.6 Å². The average molecular weight is 260 g/mol. The first-order valence-electron chi connectivity index (χ1n) is 4.84. The van der Waals surface area contributed by atoms with Gasteiger partial charge in [0.25, 0.3) is 5.91 Å². The normalized spacial score (nSPS) is 15.8. The van der Waals surface area contributed by atoms with Gasteiger partial charge in [0.15, 0.2) is 5.75 Å². The number of benzene rings is 1. The van der Waals surface area contributed by atoms with Crippen molar-refractivity contribution in [1.29, 1.82) is 0 Å². The molecule has 0 atom stereocenters. The highest BCUT2D eigenvalue weighted by Gasteiger charge is 2.36. The molecule has 3 amide bonds. The molecule has 8 heteroatoms. The molecule has 0 saturated carbocycles. The minimum absolute atomic E-state index is 0.241. The summed E-state index contributed by atoms with van der Waals surface area (Å²) < 4.78 is 40.3. The summed E-state index contributed by atoms with van der Waals surface area (Å²) in [4.78, 5) is 23.4. The SMILES string of the molecule is O=C1CNC(=O)N1c1ccccc1OC(F)(F)F. The third-order valence-corrected chi connectivity index (χ3v) is 2.18. The zero-order valence-electron chi connectivity index (χ0n) is 8.82. The van der Waals surface area contributed by atoms with Gasteiger partial charge in [0.2, 0.25) is 0 Å². The predicted octanol–water partition coefficient (Wildman–Crippen LogP) is 1.64. The van der Waals surface area contributed by atoms with Gasteiger partial charge in [0, 0.05) is 0 Å². The molecule has 1 heterocycles. The summed E-state index contributed by atoms with van der Waals surface area (Å²) >= 11 is 0. The zero-order valence-corrected chi connectivity index (χ0v) is 8.82. The highest BCUT2D eigenvalue weighted by atomic mass is 19.4. The number of urea groups is 1. The van der Waals surface area contributed by atoms with Crippen molar-refractivity contribution in [2.24, 2.45) is 0 Å². The number of halogens is 3. The Morgan fingerprint density at radius 2 is 1.89 bits per heavy atom. The van der Waals surface area contributed by atoms with E-state index in [9.17, 15) is 22.8 Å². The molecule has 1 N–H and O–H groups in total. The van der Waals surface area contributed by atoms with Gasteiger partial charge in [0.05, 0.1) is 12.2 Å². The van der Waals surface area contributed by atoms with Crippen LogP contribution in [0.25, 0.3) is 0 Å². The molecule has 1 aliphatic rings. The van der Waals surface area contributed by atoms with Crippen molar-refractivity contribution in [3.63, 3.8) is 0 Å². The van der Waals surface area contributed by atoms with Crippen molar-refractivity contribution >= 4 is 17.6 Å². The Kier molecular flexibility index (Phi) is 2.85. The van der Waals surface area contributed by atoms with E-state index < -0.39 is 24.1 Å². The van der Waals surface area contributed by atoms with Crippen LogP contribution in [0.4, 0.5) is 23.7 Å². The van der Waals surface area contributed by atoms with E-state index in [-0.39, 0.29) is 12.2 Å². The molecular weight excluding hydrogens is 253 g/mol. The van der Waals surface area contributed by atoms with E-state index in [0.717, 1.165) is 6.07 Å². The number of anilines is 1. The maximum Gasteiger partial charge on any atom is 0.573 e. The fourth-order valence-electron chi connectivity index (χ4n) is 1.52. The minimum Gasteiger partial charge on any atom is -0.404 e. The van der Waals surface area contributed by atoms with E-state index in [4.69, 9.17) is 0 Å². The first-order chi connectivity index (χ1) is 8.38. The van der Waals surface area contributed by atoms with Crippen LogP contribution in [-0.4, -0.2) is 24.8 Å². The van der Waals surface area contributed by atoms with Crippen LogP contribution in [0.1, 0.15) is 0 Å². The van der Waals surface area contributed by atoms with Gasteiger partial charge < -0.3 is 10.1 Å². The number of alkyl halides is 3. The molecule has 2 rings (SSSR count). The number of carbonyl (C=O) groups is 2. The molecule has 1 aliphatic heterocycles. The van der Waals surface area contributed by atoms with Gasteiger partial charge in [0.1, 0.15) is 0 Å². The molecule has 0 aliphatic carbocycles. The van der Waals surface area contributed by atoms with E-state index in [2.05, 4.69) is 10.1 Å². The standard InChI is InChI=1S/C10H7F3N2O3/c11-10(12,13)18-7-4-2-1-3-6(7)15-8(16)5-14-9(15)17/h1-4H,5H2,(H,14,17). The highest BCUT2D eigenvalue weighted by Crippen LogP contribution is 2.33. The van der Waals surface area contributed by atoms with Crippen molar-refractivity contribution in [1.82, 2.24) is 5.32 Å². The Balaban J connectivity index is 2.39. The number of para-hydroxylation sites is 2. The molecule has 0 unspecified atom stereocenters. The molecule has 0 aromatic heterocycles. The summed E-state index contributed by atoms with van der Waals surface area (Å²) in [7, 11) is 0. The first kappa shape index (κ1) is 12.2. The van der Waals surface area contributed by atoms with Crippen LogP contribution in [0.2, 0.25) is 0 Å². The Labute approximate surface area is 99.1 Å². The van der Waals surface area contributed by atoms with Gasteiger partial charge in [-0.15, -0.1) is 13.2 Å². The largest absolute Gasteiger partial charge is 0.573 e. The van der Waals surface area contributed by atoms with Crippen molar-refractivity contribution in [2.45, 2.75) is 6.36 Å². The lowest BCUT2D eigenvalue weighted by atomic mass is 10.2. The van der Waals surface area contributed by atoms with Crippen LogP contribution in [0, 0.1) is 0 Å². The van der Waals surface area contributed by atoms with E-state index in [1.54, 1.807) is 0 Å². The Morgan fingerprint density at radius 3 is 2.44 bits per heavy atom. The van der Waals surface area contributed by atoms with Crippen LogP contribution in [-0.2, 0) is 4.79 Å². The van der Waals surface area contributed by atoms with Crippen molar-refractivity contribution < 1.29 is 27.5 Å². The molecule has 96 valence electrons. The third-order valence-electron chi connectivity index (χ3n) is 2.18. The number of amides is 3. The number of hydrogen-bond donors (Lipinski definition) is 1. The highest BCUT2D eigenvalue weighted by molar-refractivity contribution is 6.20. The molecule has 0 bridgehead atoms. The molecule has 1 saturated heterocycles. The molecule has 1 aromatic rings. The summed E-state index contributed by atoms with van der Waals surface area (Å²) in [6, 6.07) is 4.16. The van der Waals surface area contributed by atoms with Gasteiger partial charge in [-0.25, -0.2) is 9.69 Å². The third kappa shape index (κ3) is 2.36. The predicted molar refractivity (Wildman–Crippen MR) is 54.0 cm³/mol. The monoisotopic (exact) mass is 260 g/mol. The van der Waals surface area contributed by atoms with E-state index in [1.807, 2.05) is 0 Å². The summed E-state index contributed by atoms with van der Waals surface area (Å²) in [5.74, 6) is -1.24. The lowest BCUT2D eigenvalue weighted by Crippen LogP contribution is -2.31. The summed E-state index contributed by atoms with van der Waals surface area (Å²) in [6.07, 6.45) is -4.89. The average Bonchev–Trinajstić information content (AvgIpc) is 2.58. The smallest absolute Gasteiger partial charge is 0.404 e. The van der Waals surface area contributed by atoms with Crippen LogP contribution < -0.4 is 15.0 Å². The maximum atomic E-state index is 12.2. The number of hydrogen-bond acceptors (Lipinski definition) is 3. The van der Waals surface area contributed by atoms with Crippen LogP contribution >= 0.6 is 0 Å². The molecular formula is C10H7F3N2O3. The molecule has 0 spiro atoms. The van der Waals surface area contributed by atoms with Crippen LogP contribution in [0.15, 0.2) is 24.3 Å². The van der Waals surface area contributed by atoms with Gasteiger partial charge in [-0.2, -0.15) is 0 Å². The van der Waals surface area contributed by atoms with Crippen molar-refractivity contribution in [3.8, 4) is 5.75 Å². The fraction of sp³-hybridized carbons (Fsp3) is 0.200. The van der Waals surface area contributed by atoms with E-state index in [0.29, 0.717) is 4.90 Å². The Bertz CT molecular complexity index is 485. The second-order valence-electron chi connectivity index (χ2n) is 3.40. The summed E-state index contributed by atoms with van der Waals surface area (Å²) in [5, 5.41) is 2.21. The number of imide groups is 1. The Morgan fingerprint density at radius 1 is 1.22 bits per heavy atom. The van der Waals surface area contributed by atoms with Crippen LogP contribution in [0.3, 0.4) is 0 Å². The van der Waals surface area contributed by atoms with Gasteiger partial charge in [-0.1, -0.05) is 12.1 Å². The fourth-order valence-corrected chi connectivity index (χ4v) is 1.52. The van der Waals surface area contributed by atoms with Crippen molar-refractivity contribution in [3.05, 3.63) is 24.3 Å². The second-order valence-corrected chi connectivity index (χ2v) is 3.40. The van der Waals surface area contributed by atoms with Crippen molar-refractivity contribution in [2.75, 3.05) is 11.4 Å². The zero-order chi connectivity index (χ0) is 13.3. The summed E-state index contributed by atoms with van der Waals surface area (Å²) in [6.45, 7) is -0.251.